The van der Waals surface area contributed by atoms with Crippen molar-refractivity contribution in [2.45, 2.75) is 19.0 Å². The Morgan fingerprint density at radius 2 is 2.05 bits per heavy atom. The van der Waals surface area contributed by atoms with E-state index < -0.39 is 12.5 Å². The third-order valence-corrected chi connectivity index (χ3v) is 3.06. The number of nitrogens with two attached hydrogens (primary N) is 1. The summed E-state index contributed by atoms with van der Waals surface area (Å²) in [6, 6.07) is 5.73. The maximum atomic E-state index is 12.1. The van der Waals surface area contributed by atoms with Gasteiger partial charge in [0, 0.05) is 19.6 Å². The number of benzene rings is 1. The number of amidine groups is 1. The van der Waals surface area contributed by atoms with Crippen LogP contribution in [0.3, 0.4) is 0 Å². The van der Waals surface area contributed by atoms with Crippen molar-refractivity contribution in [2.24, 2.45) is 5.73 Å². The van der Waals surface area contributed by atoms with Gasteiger partial charge in [-0.05, 0) is 17.7 Å². The third-order valence-electron chi connectivity index (χ3n) is 3.06. The number of hydrogen-bond donors (Lipinski definition) is 2. The minimum atomic E-state index is -4.68. The van der Waals surface area contributed by atoms with Gasteiger partial charge >= 0.3 is 6.36 Å². The summed E-state index contributed by atoms with van der Waals surface area (Å²) in [7, 11) is 0. The van der Waals surface area contributed by atoms with E-state index in [0.717, 1.165) is 5.56 Å². The lowest BCUT2D eigenvalue weighted by molar-refractivity contribution is -0.274. The second-order valence-electron chi connectivity index (χ2n) is 4.74. The third kappa shape index (κ3) is 4.91. The summed E-state index contributed by atoms with van der Waals surface area (Å²) in [5.41, 5.74) is 6.27. The largest absolute Gasteiger partial charge is 0.573 e. The molecule has 21 heavy (non-hydrogen) atoms. The molecule has 3 N–H and O–H groups in total. The highest BCUT2D eigenvalue weighted by molar-refractivity contribution is 5.82. The summed E-state index contributed by atoms with van der Waals surface area (Å²) in [6.45, 7) is 2.21. The monoisotopic (exact) mass is 303 g/mol. The van der Waals surface area contributed by atoms with E-state index in [-0.39, 0.29) is 11.6 Å². The number of nitrogens with zero attached hydrogens (tertiary/aromatic N) is 1. The Hall–Kier alpha value is -1.80. The van der Waals surface area contributed by atoms with Crippen LogP contribution in [0, 0.1) is 5.41 Å². The summed E-state index contributed by atoms with van der Waals surface area (Å²) in [5, 5.41) is 7.37. The molecule has 0 saturated carbocycles. The quantitative estimate of drug-likeness (QED) is 0.656. The Bertz CT molecular complexity index is 490. The van der Waals surface area contributed by atoms with Crippen molar-refractivity contribution in [1.82, 2.24) is 4.90 Å². The molecule has 0 bridgehead atoms. The molecule has 2 rings (SSSR count). The predicted octanol–water partition coefficient (Wildman–Crippen LogP) is 1.72. The predicted molar refractivity (Wildman–Crippen MR) is 70.1 cm³/mol. The van der Waals surface area contributed by atoms with E-state index in [1.54, 1.807) is 12.1 Å². The molecule has 0 amide bonds. The molecule has 1 atom stereocenters. The van der Waals surface area contributed by atoms with Crippen LogP contribution >= 0.6 is 0 Å². The van der Waals surface area contributed by atoms with Crippen molar-refractivity contribution in [2.75, 3.05) is 19.7 Å². The molecule has 8 heteroatoms. The molecule has 1 aromatic carbocycles. The molecule has 0 radical (unpaired) electrons. The van der Waals surface area contributed by atoms with Crippen LogP contribution < -0.4 is 10.5 Å². The number of ether oxygens (including phenoxy) is 2. The summed E-state index contributed by atoms with van der Waals surface area (Å²) in [4.78, 5) is 2.04. The molecule has 1 saturated heterocycles. The zero-order chi connectivity index (χ0) is 15.5. The molecule has 0 aliphatic carbocycles. The first-order chi connectivity index (χ1) is 9.83. The lowest BCUT2D eigenvalue weighted by atomic mass is 10.1. The first-order valence-electron chi connectivity index (χ1n) is 6.36. The molecule has 1 unspecified atom stereocenters. The van der Waals surface area contributed by atoms with Gasteiger partial charge in [0.25, 0.3) is 0 Å². The summed E-state index contributed by atoms with van der Waals surface area (Å²) >= 11 is 0. The second kappa shape index (κ2) is 6.31. The van der Waals surface area contributed by atoms with Gasteiger partial charge in [-0.25, -0.2) is 0 Å². The van der Waals surface area contributed by atoms with Crippen LogP contribution in [0.1, 0.15) is 5.56 Å². The highest BCUT2D eigenvalue weighted by Crippen LogP contribution is 2.23. The van der Waals surface area contributed by atoms with E-state index in [0.29, 0.717) is 26.2 Å². The van der Waals surface area contributed by atoms with Gasteiger partial charge < -0.3 is 15.2 Å². The van der Waals surface area contributed by atoms with Crippen LogP contribution in [0.5, 0.6) is 5.75 Å². The minimum absolute atomic E-state index is 0.0198. The Labute approximate surface area is 119 Å². The molecule has 1 aliphatic rings. The molecule has 1 heterocycles. The number of hydrogen-bond acceptors (Lipinski definition) is 4. The highest BCUT2D eigenvalue weighted by atomic mass is 19.4. The fraction of sp³-hybridized carbons (Fsp3) is 0.462. The van der Waals surface area contributed by atoms with Gasteiger partial charge in [0.05, 0.1) is 6.61 Å². The lowest BCUT2D eigenvalue weighted by Crippen LogP contribution is -2.47. The Morgan fingerprint density at radius 1 is 1.38 bits per heavy atom. The van der Waals surface area contributed by atoms with E-state index >= 15 is 0 Å². The average Bonchev–Trinajstić information content (AvgIpc) is 2.40. The van der Waals surface area contributed by atoms with Crippen molar-refractivity contribution in [3.8, 4) is 5.75 Å². The number of morpholine rings is 1. The smallest absolute Gasteiger partial charge is 0.406 e. The zero-order valence-electron chi connectivity index (χ0n) is 11.2. The van der Waals surface area contributed by atoms with E-state index in [1.807, 2.05) is 4.90 Å². The summed E-state index contributed by atoms with van der Waals surface area (Å²) in [6.07, 6.45) is -5.10. The van der Waals surface area contributed by atoms with Crippen molar-refractivity contribution in [3.63, 3.8) is 0 Å². The van der Waals surface area contributed by atoms with Crippen molar-refractivity contribution in [3.05, 3.63) is 29.8 Å². The van der Waals surface area contributed by atoms with Crippen LogP contribution in [-0.4, -0.2) is 42.9 Å². The number of halogens is 3. The van der Waals surface area contributed by atoms with Crippen LogP contribution in [0.4, 0.5) is 13.2 Å². The van der Waals surface area contributed by atoms with Crippen molar-refractivity contribution >= 4 is 5.84 Å². The fourth-order valence-corrected chi connectivity index (χ4v) is 2.09. The minimum Gasteiger partial charge on any atom is -0.406 e. The van der Waals surface area contributed by atoms with E-state index in [1.165, 1.54) is 12.1 Å². The van der Waals surface area contributed by atoms with Gasteiger partial charge in [-0.2, -0.15) is 0 Å². The molecular weight excluding hydrogens is 287 g/mol. The van der Waals surface area contributed by atoms with Gasteiger partial charge in [0.15, 0.2) is 0 Å². The number of rotatable bonds is 4. The van der Waals surface area contributed by atoms with Gasteiger partial charge in [0.1, 0.15) is 17.7 Å². The Kier molecular flexibility index (Phi) is 4.69. The second-order valence-corrected chi connectivity index (χ2v) is 4.74. The summed E-state index contributed by atoms with van der Waals surface area (Å²) < 4.78 is 45.3. The van der Waals surface area contributed by atoms with E-state index in [4.69, 9.17) is 15.9 Å². The summed E-state index contributed by atoms with van der Waals surface area (Å²) in [5.74, 6) is -0.261. The molecule has 0 spiro atoms. The standard InChI is InChI=1S/C13H16F3N3O2/c14-13(15,16)21-10-3-1-9(2-4-10)7-19-5-6-20-11(8-19)12(17)18/h1-4,11H,5-8H2,(H3,17,18). The molecule has 116 valence electrons. The van der Waals surface area contributed by atoms with E-state index in [2.05, 4.69) is 4.74 Å². The zero-order valence-corrected chi connectivity index (χ0v) is 11.2. The SMILES string of the molecule is N=C(N)C1CN(Cc2ccc(OC(F)(F)F)cc2)CCO1. The van der Waals surface area contributed by atoms with Crippen molar-refractivity contribution in [1.29, 1.82) is 5.41 Å². The lowest BCUT2D eigenvalue weighted by Gasteiger charge is -2.32. The number of nitrogens with one attached hydrogen (secondary N) is 1. The van der Waals surface area contributed by atoms with Gasteiger partial charge in [0.2, 0.25) is 0 Å². The Morgan fingerprint density at radius 3 is 2.62 bits per heavy atom. The molecule has 0 aromatic heterocycles. The average molecular weight is 303 g/mol. The maximum absolute atomic E-state index is 12.1. The van der Waals surface area contributed by atoms with Crippen molar-refractivity contribution < 1.29 is 22.6 Å². The first kappa shape index (κ1) is 15.6. The van der Waals surface area contributed by atoms with Gasteiger partial charge in [-0.1, -0.05) is 12.1 Å². The highest BCUT2D eigenvalue weighted by Gasteiger charge is 2.31. The van der Waals surface area contributed by atoms with Gasteiger partial charge in [-0.3, -0.25) is 10.3 Å². The van der Waals surface area contributed by atoms with Crippen LogP contribution in [0.2, 0.25) is 0 Å². The molecule has 5 nitrogen and oxygen atoms in total. The normalized spacial score (nSPS) is 20.2. The van der Waals surface area contributed by atoms with Gasteiger partial charge in [-0.15, -0.1) is 13.2 Å². The fourth-order valence-electron chi connectivity index (χ4n) is 2.09. The molecule has 1 aliphatic heterocycles. The van der Waals surface area contributed by atoms with Crippen LogP contribution in [-0.2, 0) is 11.3 Å². The van der Waals surface area contributed by atoms with E-state index in [9.17, 15) is 13.2 Å². The van der Waals surface area contributed by atoms with Crippen LogP contribution in [0.15, 0.2) is 24.3 Å². The molecule has 1 fully saturated rings. The first-order valence-corrected chi connectivity index (χ1v) is 6.36. The maximum Gasteiger partial charge on any atom is 0.573 e. The topological polar surface area (TPSA) is 71.6 Å². The van der Waals surface area contributed by atoms with Crippen LogP contribution in [0.25, 0.3) is 0 Å². The molecule has 1 aromatic rings. The number of alkyl halides is 3. The Balaban J connectivity index is 1.92. The molecular formula is C13H16F3N3O2.